The lowest BCUT2D eigenvalue weighted by atomic mass is 9.70. The number of aliphatic hydroxyl groups is 1. The third kappa shape index (κ3) is 2.10. The van der Waals surface area contributed by atoms with Gasteiger partial charge in [-0.15, -0.1) is 0 Å². The van der Waals surface area contributed by atoms with Gasteiger partial charge in [-0.1, -0.05) is 32.4 Å². The lowest BCUT2D eigenvalue weighted by Gasteiger charge is -2.39. The van der Waals surface area contributed by atoms with E-state index in [1.54, 1.807) is 0 Å². The van der Waals surface area contributed by atoms with E-state index in [1.165, 1.54) is 5.57 Å². The Bertz CT molecular complexity index is 203. The molecule has 1 atom stereocenters. The molecule has 0 aromatic carbocycles. The van der Waals surface area contributed by atoms with Crippen molar-refractivity contribution >= 4 is 0 Å². The van der Waals surface area contributed by atoms with Crippen LogP contribution in [-0.2, 0) is 0 Å². The van der Waals surface area contributed by atoms with Gasteiger partial charge in [-0.2, -0.15) is 0 Å². The highest BCUT2D eigenvalue weighted by Crippen LogP contribution is 2.41. The van der Waals surface area contributed by atoms with Crippen molar-refractivity contribution in [2.75, 3.05) is 0 Å². The van der Waals surface area contributed by atoms with E-state index in [0.717, 1.165) is 19.3 Å². The molecule has 0 saturated heterocycles. The molecule has 1 heteroatoms. The van der Waals surface area contributed by atoms with E-state index in [2.05, 4.69) is 20.8 Å². The SMILES string of the molecule is CCC1(O)C=C(C)CC(C)(C)C1. The van der Waals surface area contributed by atoms with Crippen molar-refractivity contribution < 1.29 is 5.11 Å². The van der Waals surface area contributed by atoms with Gasteiger partial charge in [0.1, 0.15) is 0 Å². The molecular formula is C11H20O. The summed E-state index contributed by atoms with van der Waals surface area (Å²) in [4.78, 5) is 0. The Morgan fingerprint density at radius 2 is 2.08 bits per heavy atom. The molecule has 70 valence electrons. The first-order chi connectivity index (χ1) is 5.37. The zero-order chi connectivity index (χ0) is 9.41. The van der Waals surface area contributed by atoms with E-state index in [9.17, 15) is 5.11 Å². The molecule has 0 aromatic rings. The quantitative estimate of drug-likeness (QED) is 0.597. The minimum Gasteiger partial charge on any atom is -0.386 e. The van der Waals surface area contributed by atoms with Crippen LogP contribution in [0.5, 0.6) is 0 Å². The predicted molar refractivity (Wildman–Crippen MR) is 52.0 cm³/mol. The summed E-state index contributed by atoms with van der Waals surface area (Å²) in [6.07, 6.45) is 4.88. The van der Waals surface area contributed by atoms with Crippen LogP contribution in [0.15, 0.2) is 11.6 Å². The van der Waals surface area contributed by atoms with Crippen LogP contribution in [0, 0.1) is 5.41 Å². The summed E-state index contributed by atoms with van der Waals surface area (Å²) in [5, 5.41) is 10.1. The normalized spacial score (nSPS) is 34.6. The summed E-state index contributed by atoms with van der Waals surface area (Å²) in [5.74, 6) is 0. The molecule has 1 unspecified atom stereocenters. The van der Waals surface area contributed by atoms with Gasteiger partial charge >= 0.3 is 0 Å². The first-order valence-electron chi connectivity index (χ1n) is 4.78. The van der Waals surface area contributed by atoms with Gasteiger partial charge in [0.15, 0.2) is 0 Å². The fourth-order valence-corrected chi connectivity index (χ4v) is 2.43. The maximum Gasteiger partial charge on any atom is 0.0832 e. The molecule has 0 bridgehead atoms. The number of rotatable bonds is 1. The average Bonchev–Trinajstić information content (AvgIpc) is 1.82. The van der Waals surface area contributed by atoms with E-state index in [4.69, 9.17) is 0 Å². The Morgan fingerprint density at radius 3 is 2.50 bits per heavy atom. The molecule has 0 radical (unpaired) electrons. The van der Waals surface area contributed by atoms with Crippen molar-refractivity contribution in [2.45, 2.75) is 52.6 Å². The second-order valence-corrected chi connectivity index (χ2v) is 4.97. The lowest BCUT2D eigenvalue weighted by Crippen LogP contribution is -2.36. The molecule has 1 aliphatic rings. The Kier molecular flexibility index (Phi) is 2.35. The van der Waals surface area contributed by atoms with Gasteiger partial charge in [-0.05, 0) is 31.6 Å². The Balaban J connectivity index is 2.88. The molecule has 0 amide bonds. The third-order valence-electron chi connectivity index (χ3n) is 2.67. The van der Waals surface area contributed by atoms with Crippen molar-refractivity contribution in [3.8, 4) is 0 Å². The second kappa shape index (κ2) is 2.88. The largest absolute Gasteiger partial charge is 0.386 e. The van der Waals surface area contributed by atoms with Gasteiger partial charge in [0.05, 0.1) is 5.60 Å². The average molecular weight is 168 g/mol. The number of hydrogen-bond donors (Lipinski definition) is 1. The summed E-state index contributed by atoms with van der Waals surface area (Å²) in [6, 6.07) is 0. The van der Waals surface area contributed by atoms with Gasteiger partial charge in [-0.3, -0.25) is 0 Å². The summed E-state index contributed by atoms with van der Waals surface area (Å²) in [7, 11) is 0. The second-order valence-electron chi connectivity index (χ2n) is 4.97. The molecule has 0 heterocycles. The number of allylic oxidation sites excluding steroid dienone is 1. The van der Waals surface area contributed by atoms with Crippen molar-refractivity contribution in [1.82, 2.24) is 0 Å². The molecule has 1 aliphatic carbocycles. The first kappa shape index (κ1) is 9.79. The van der Waals surface area contributed by atoms with Gasteiger partial charge in [0.2, 0.25) is 0 Å². The molecule has 0 fully saturated rings. The minimum atomic E-state index is -0.536. The van der Waals surface area contributed by atoms with Crippen LogP contribution in [0.2, 0.25) is 0 Å². The van der Waals surface area contributed by atoms with E-state index < -0.39 is 5.60 Å². The van der Waals surface area contributed by atoms with Crippen LogP contribution in [0.25, 0.3) is 0 Å². The predicted octanol–water partition coefficient (Wildman–Crippen LogP) is 2.89. The fourth-order valence-electron chi connectivity index (χ4n) is 2.43. The van der Waals surface area contributed by atoms with Gasteiger partial charge < -0.3 is 5.11 Å². The smallest absolute Gasteiger partial charge is 0.0832 e. The molecule has 0 spiro atoms. The van der Waals surface area contributed by atoms with Crippen LogP contribution >= 0.6 is 0 Å². The topological polar surface area (TPSA) is 20.2 Å². The molecule has 1 rings (SSSR count). The standard InChI is InChI=1S/C11H20O/c1-5-11(12)7-9(2)6-10(3,4)8-11/h7,12H,5-6,8H2,1-4H3. The maximum atomic E-state index is 10.1. The summed E-state index contributed by atoms with van der Waals surface area (Å²) in [5.41, 5.74) is 1.06. The molecule has 12 heavy (non-hydrogen) atoms. The van der Waals surface area contributed by atoms with Crippen molar-refractivity contribution in [1.29, 1.82) is 0 Å². The molecule has 0 aromatic heterocycles. The highest BCUT2D eigenvalue weighted by atomic mass is 16.3. The summed E-state index contributed by atoms with van der Waals surface area (Å²) < 4.78 is 0. The van der Waals surface area contributed by atoms with Gasteiger partial charge in [-0.25, -0.2) is 0 Å². The Hall–Kier alpha value is -0.300. The van der Waals surface area contributed by atoms with Gasteiger partial charge in [0.25, 0.3) is 0 Å². The maximum absolute atomic E-state index is 10.1. The highest BCUT2D eigenvalue weighted by Gasteiger charge is 2.35. The van der Waals surface area contributed by atoms with E-state index in [0.29, 0.717) is 0 Å². The molecular weight excluding hydrogens is 148 g/mol. The molecule has 1 N–H and O–H groups in total. The van der Waals surface area contributed by atoms with Crippen LogP contribution in [0.1, 0.15) is 47.0 Å². The monoisotopic (exact) mass is 168 g/mol. The van der Waals surface area contributed by atoms with Crippen LogP contribution < -0.4 is 0 Å². The van der Waals surface area contributed by atoms with Crippen molar-refractivity contribution in [3.63, 3.8) is 0 Å². The van der Waals surface area contributed by atoms with Crippen molar-refractivity contribution in [3.05, 3.63) is 11.6 Å². The number of hydrogen-bond acceptors (Lipinski definition) is 1. The zero-order valence-electron chi connectivity index (χ0n) is 8.65. The van der Waals surface area contributed by atoms with Crippen molar-refractivity contribution in [2.24, 2.45) is 5.41 Å². The Morgan fingerprint density at radius 1 is 1.50 bits per heavy atom. The van der Waals surface area contributed by atoms with Crippen LogP contribution in [0.4, 0.5) is 0 Å². The van der Waals surface area contributed by atoms with Crippen LogP contribution in [-0.4, -0.2) is 10.7 Å². The third-order valence-corrected chi connectivity index (χ3v) is 2.67. The summed E-state index contributed by atoms with van der Waals surface area (Å²) >= 11 is 0. The van der Waals surface area contributed by atoms with E-state index >= 15 is 0 Å². The minimum absolute atomic E-state index is 0.267. The van der Waals surface area contributed by atoms with E-state index in [1.807, 2.05) is 13.0 Å². The lowest BCUT2D eigenvalue weighted by molar-refractivity contribution is 0.0279. The fraction of sp³-hybridized carbons (Fsp3) is 0.818. The van der Waals surface area contributed by atoms with Crippen LogP contribution in [0.3, 0.4) is 0 Å². The molecule has 0 saturated carbocycles. The zero-order valence-corrected chi connectivity index (χ0v) is 8.65. The van der Waals surface area contributed by atoms with E-state index in [-0.39, 0.29) is 5.41 Å². The highest BCUT2D eigenvalue weighted by molar-refractivity contribution is 5.16. The Labute approximate surface area is 75.5 Å². The first-order valence-corrected chi connectivity index (χ1v) is 4.78. The summed E-state index contributed by atoms with van der Waals surface area (Å²) in [6.45, 7) is 8.61. The van der Waals surface area contributed by atoms with Gasteiger partial charge in [0, 0.05) is 0 Å². The molecule has 0 aliphatic heterocycles. The molecule has 1 nitrogen and oxygen atoms in total.